The monoisotopic (exact) mass is 377 g/mol. The minimum Gasteiger partial charge on any atom is -0.372 e. The number of benzene rings is 1. The predicted octanol–water partition coefficient (Wildman–Crippen LogP) is 2.85. The molecular formula is C22H23N3O3. The Kier molecular flexibility index (Phi) is 5.12. The van der Waals surface area contributed by atoms with E-state index < -0.39 is 0 Å². The van der Waals surface area contributed by atoms with Crippen molar-refractivity contribution in [3.05, 3.63) is 65.0 Å². The second-order valence-corrected chi connectivity index (χ2v) is 7.58. The quantitative estimate of drug-likeness (QED) is 0.819. The number of carbonyl (C=O) groups is 1. The summed E-state index contributed by atoms with van der Waals surface area (Å²) in [5.41, 5.74) is 2.64. The Morgan fingerprint density at radius 3 is 2.96 bits per heavy atom. The number of carbonyl (C=O) groups excluding carboxylic acids is 1. The molecule has 0 unspecified atom stereocenters. The Hall–Kier alpha value is -2.75. The first-order valence-corrected chi connectivity index (χ1v) is 9.54. The fourth-order valence-electron chi connectivity index (χ4n) is 3.93. The summed E-state index contributed by atoms with van der Waals surface area (Å²) in [4.78, 5) is 18.9. The number of rotatable bonds is 4. The first kappa shape index (κ1) is 18.6. The first-order valence-electron chi connectivity index (χ1n) is 9.54. The molecule has 1 atom stereocenters. The van der Waals surface area contributed by atoms with E-state index in [2.05, 4.69) is 11.1 Å². The molecular weight excluding hydrogens is 354 g/mol. The van der Waals surface area contributed by atoms with E-state index in [-0.39, 0.29) is 17.6 Å². The smallest absolute Gasteiger partial charge is 0.254 e. The summed E-state index contributed by atoms with van der Waals surface area (Å²) in [6.07, 6.45) is 1.74. The summed E-state index contributed by atoms with van der Waals surface area (Å²) >= 11 is 0. The second-order valence-electron chi connectivity index (χ2n) is 7.58. The van der Waals surface area contributed by atoms with Gasteiger partial charge >= 0.3 is 0 Å². The van der Waals surface area contributed by atoms with Crippen molar-refractivity contribution >= 4 is 5.91 Å². The van der Waals surface area contributed by atoms with Gasteiger partial charge in [-0.15, -0.1) is 0 Å². The third kappa shape index (κ3) is 3.91. The third-order valence-electron chi connectivity index (χ3n) is 5.34. The van der Waals surface area contributed by atoms with Crippen molar-refractivity contribution in [3.63, 3.8) is 0 Å². The molecule has 6 nitrogen and oxygen atoms in total. The molecule has 1 aromatic heterocycles. The highest BCUT2D eigenvalue weighted by Gasteiger charge is 2.49. The lowest BCUT2D eigenvalue weighted by atomic mass is 9.84. The maximum atomic E-state index is 12.7. The molecule has 2 aliphatic rings. The van der Waals surface area contributed by atoms with Crippen LogP contribution in [0.25, 0.3) is 0 Å². The summed E-state index contributed by atoms with van der Waals surface area (Å²) in [6.45, 7) is 4.22. The number of hydrogen-bond acceptors (Lipinski definition) is 5. The number of nitriles is 1. The molecule has 2 fully saturated rings. The number of aromatic nitrogens is 1. The van der Waals surface area contributed by atoms with Gasteiger partial charge in [-0.3, -0.25) is 9.78 Å². The molecule has 2 saturated heterocycles. The van der Waals surface area contributed by atoms with Gasteiger partial charge in [0.25, 0.3) is 5.91 Å². The number of ether oxygens (including phenoxy) is 2. The zero-order chi connectivity index (χ0) is 19.6. The summed E-state index contributed by atoms with van der Waals surface area (Å²) in [6, 6.07) is 14.8. The topological polar surface area (TPSA) is 75.5 Å². The van der Waals surface area contributed by atoms with Gasteiger partial charge in [-0.1, -0.05) is 12.1 Å². The molecule has 28 heavy (non-hydrogen) atoms. The highest BCUT2D eigenvalue weighted by molar-refractivity contribution is 5.95. The van der Waals surface area contributed by atoms with Crippen molar-refractivity contribution < 1.29 is 14.3 Å². The third-order valence-corrected chi connectivity index (χ3v) is 5.34. The average Bonchev–Trinajstić information content (AvgIpc) is 2.70. The number of nitrogens with zero attached hydrogens (tertiary/aromatic N) is 3. The van der Waals surface area contributed by atoms with Gasteiger partial charge in [-0.25, -0.2) is 0 Å². The van der Waals surface area contributed by atoms with Gasteiger partial charge in [0.15, 0.2) is 0 Å². The fraction of sp³-hybridized carbons (Fsp3) is 0.409. The molecule has 3 heterocycles. The molecule has 6 heteroatoms. The van der Waals surface area contributed by atoms with Gasteiger partial charge in [0.1, 0.15) is 5.60 Å². The van der Waals surface area contributed by atoms with Crippen molar-refractivity contribution in [1.29, 1.82) is 5.26 Å². The van der Waals surface area contributed by atoms with Crippen LogP contribution in [0.2, 0.25) is 0 Å². The van der Waals surface area contributed by atoms with Crippen LogP contribution in [0.4, 0.5) is 0 Å². The summed E-state index contributed by atoms with van der Waals surface area (Å²) < 4.78 is 12.1. The Labute approximate surface area is 164 Å². The molecule has 0 radical (unpaired) electrons. The molecule has 0 aliphatic carbocycles. The molecule has 2 aliphatic heterocycles. The Morgan fingerprint density at radius 2 is 2.18 bits per heavy atom. The number of hydrogen-bond donors (Lipinski definition) is 0. The van der Waals surface area contributed by atoms with E-state index in [4.69, 9.17) is 14.7 Å². The van der Waals surface area contributed by atoms with E-state index in [1.807, 2.05) is 25.1 Å². The molecule has 4 rings (SSSR count). The number of pyridine rings is 1. The van der Waals surface area contributed by atoms with E-state index in [1.165, 1.54) is 0 Å². The van der Waals surface area contributed by atoms with Gasteiger partial charge in [0.2, 0.25) is 0 Å². The Balaban J connectivity index is 1.33. The molecule has 0 bridgehead atoms. The number of aryl methyl sites for hydroxylation is 1. The predicted molar refractivity (Wildman–Crippen MR) is 103 cm³/mol. The SMILES string of the molecule is Cc1cccc(CO[C@@H]2CCOC3(C2)CN(C(=O)c2cccc(C#N)c2)C3)n1. The molecule has 2 aromatic rings. The van der Waals surface area contributed by atoms with Gasteiger partial charge < -0.3 is 14.4 Å². The van der Waals surface area contributed by atoms with Gasteiger partial charge in [-0.05, 0) is 43.7 Å². The van der Waals surface area contributed by atoms with Gasteiger partial charge in [-0.2, -0.15) is 5.26 Å². The van der Waals surface area contributed by atoms with Gasteiger partial charge in [0.05, 0.1) is 43.1 Å². The molecule has 1 amide bonds. The fourth-order valence-corrected chi connectivity index (χ4v) is 3.93. The van der Waals surface area contributed by atoms with Crippen LogP contribution in [0.5, 0.6) is 0 Å². The van der Waals surface area contributed by atoms with Crippen LogP contribution in [0, 0.1) is 18.3 Å². The lowest BCUT2D eigenvalue weighted by Gasteiger charge is -2.53. The van der Waals surface area contributed by atoms with Crippen LogP contribution in [0.1, 0.15) is 40.2 Å². The summed E-state index contributed by atoms with van der Waals surface area (Å²) in [5.74, 6) is -0.0571. The zero-order valence-electron chi connectivity index (χ0n) is 15.9. The standard InChI is InChI=1S/C22H23N3O3/c1-16-4-2-7-19(24-16)13-27-20-8-9-28-22(11-20)14-25(15-22)21(26)18-6-3-5-17(10-18)12-23/h2-7,10,20H,8-9,11,13-15H2,1H3/t20-/m1/s1. The molecule has 0 N–H and O–H groups in total. The molecule has 0 saturated carbocycles. The molecule has 1 aromatic carbocycles. The molecule has 1 spiro atoms. The minimum absolute atomic E-state index is 0.0571. The van der Waals surface area contributed by atoms with Crippen LogP contribution in [0.3, 0.4) is 0 Å². The Morgan fingerprint density at radius 1 is 1.36 bits per heavy atom. The first-order chi connectivity index (χ1) is 13.6. The van der Waals surface area contributed by atoms with Crippen LogP contribution in [0.15, 0.2) is 42.5 Å². The van der Waals surface area contributed by atoms with Crippen LogP contribution in [-0.2, 0) is 16.1 Å². The van der Waals surface area contributed by atoms with E-state index in [1.54, 1.807) is 29.2 Å². The van der Waals surface area contributed by atoms with Crippen molar-refractivity contribution in [2.24, 2.45) is 0 Å². The lowest BCUT2D eigenvalue weighted by molar-refractivity contribution is -0.188. The zero-order valence-corrected chi connectivity index (χ0v) is 15.9. The van der Waals surface area contributed by atoms with Crippen molar-refractivity contribution in [2.45, 2.75) is 38.1 Å². The van der Waals surface area contributed by atoms with Crippen LogP contribution < -0.4 is 0 Å². The Bertz CT molecular complexity index is 915. The minimum atomic E-state index is -0.314. The average molecular weight is 377 g/mol. The van der Waals surface area contributed by atoms with Crippen LogP contribution >= 0.6 is 0 Å². The highest BCUT2D eigenvalue weighted by Crippen LogP contribution is 2.36. The number of likely N-dealkylation sites (tertiary alicyclic amines) is 1. The van der Waals surface area contributed by atoms with E-state index in [9.17, 15) is 4.79 Å². The number of amides is 1. The van der Waals surface area contributed by atoms with E-state index in [0.29, 0.717) is 37.4 Å². The maximum Gasteiger partial charge on any atom is 0.254 e. The van der Waals surface area contributed by atoms with E-state index >= 15 is 0 Å². The van der Waals surface area contributed by atoms with Crippen molar-refractivity contribution in [2.75, 3.05) is 19.7 Å². The van der Waals surface area contributed by atoms with Gasteiger partial charge in [0, 0.05) is 24.3 Å². The van der Waals surface area contributed by atoms with Crippen molar-refractivity contribution in [3.8, 4) is 6.07 Å². The maximum absolute atomic E-state index is 12.7. The normalized spacial score (nSPS) is 20.4. The second kappa shape index (κ2) is 7.70. The van der Waals surface area contributed by atoms with Crippen LogP contribution in [-0.4, -0.2) is 47.2 Å². The molecule has 144 valence electrons. The van der Waals surface area contributed by atoms with Crippen molar-refractivity contribution in [1.82, 2.24) is 9.88 Å². The summed E-state index contributed by atoms with van der Waals surface area (Å²) in [5, 5.41) is 9.02. The largest absolute Gasteiger partial charge is 0.372 e. The highest BCUT2D eigenvalue weighted by atomic mass is 16.5. The lowest BCUT2D eigenvalue weighted by Crippen LogP contribution is -2.67. The van der Waals surface area contributed by atoms with E-state index in [0.717, 1.165) is 24.2 Å². The summed E-state index contributed by atoms with van der Waals surface area (Å²) in [7, 11) is 0.